The van der Waals surface area contributed by atoms with Gasteiger partial charge in [0.15, 0.2) is 11.6 Å². The molecule has 1 aliphatic heterocycles. The van der Waals surface area contributed by atoms with Crippen molar-refractivity contribution in [3.05, 3.63) is 35.4 Å². The molecule has 0 bridgehead atoms. The maximum atomic E-state index is 12.2. The fourth-order valence-electron chi connectivity index (χ4n) is 2.96. The maximum Gasteiger partial charge on any atom is 0.349 e. The Morgan fingerprint density at radius 2 is 2.27 bits per heavy atom. The van der Waals surface area contributed by atoms with E-state index in [0.29, 0.717) is 18.3 Å². The van der Waals surface area contributed by atoms with Crippen LogP contribution in [-0.2, 0) is 9.47 Å². The highest BCUT2D eigenvalue weighted by Gasteiger charge is 2.50. The minimum Gasteiger partial charge on any atom is -0.348 e. The van der Waals surface area contributed by atoms with E-state index in [-0.39, 0.29) is 17.8 Å². The Morgan fingerprint density at radius 3 is 2.91 bits per heavy atom. The summed E-state index contributed by atoms with van der Waals surface area (Å²) in [4.78, 5) is 20.1. The highest BCUT2D eigenvalue weighted by atomic mass is 16.7. The lowest BCUT2D eigenvalue weighted by Crippen LogP contribution is -2.26. The van der Waals surface area contributed by atoms with Crippen LogP contribution in [0.1, 0.15) is 26.3 Å². The fraction of sp³-hybridized carbons (Fsp3) is 0.571. The Hall–Kier alpha value is -2.06. The van der Waals surface area contributed by atoms with Crippen LogP contribution < -0.4 is 5.69 Å². The molecule has 2 aromatic rings. The van der Waals surface area contributed by atoms with Gasteiger partial charge in [0.05, 0.1) is 12.7 Å². The quantitative estimate of drug-likeness (QED) is 0.822. The molecule has 1 aliphatic carbocycles. The molecule has 0 amide bonds. The average molecular weight is 303 g/mol. The zero-order valence-corrected chi connectivity index (χ0v) is 12.4. The monoisotopic (exact) mass is 303 g/mol. The van der Waals surface area contributed by atoms with E-state index in [4.69, 9.17) is 9.47 Å². The maximum absolute atomic E-state index is 12.2. The topological polar surface area (TPSA) is 84.1 Å². The standard InChI is InChI=1S/C14H17N5O3/c1-14(2)21-6-11(22-14)9-5-10(9)18-4-3-12(17-13(18)20)19-8-15-7-16-19/h3-4,7-11H,5-6H2,1-2H3/t9-,10+,11-/m0/s1. The van der Waals surface area contributed by atoms with E-state index in [9.17, 15) is 4.79 Å². The molecule has 0 N–H and O–H groups in total. The summed E-state index contributed by atoms with van der Waals surface area (Å²) in [6.07, 6.45) is 5.63. The first-order chi connectivity index (χ1) is 10.5. The minimum atomic E-state index is -0.530. The van der Waals surface area contributed by atoms with Crippen molar-refractivity contribution in [3.8, 4) is 5.82 Å². The number of rotatable bonds is 3. The predicted octanol–water partition coefficient (Wildman–Crippen LogP) is 0.536. The van der Waals surface area contributed by atoms with Gasteiger partial charge in [-0.3, -0.25) is 4.57 Å². The molecule has 2 aromatic heterocycles. The van der Waals surface area contributed by atoms with Gasteiger partial charge in [-0.15, -0.1) is 0 Å². The summed E-state index contributed by atoms with van der Waals surface area (Å²) in [6, 6.07) is 1.90. The van der Waals surface area contributed by atoms with Crippen molar-refractivity contribution in [1.29, 1.82) is 0 Å². The number of hydrogen-bond donors (Lipinski definition) is 0. The second-order valence-corrected chi connectivity index (χ2v) is 6.15. The van der Waals surface area contributed by atoms with E-state index in [1.165, 1.54) is 17.3 Å². The van der Waals surface area contributed by atoms with Gasteiger partial charge < -0.3 is 9.47 Å². The van der Waals surface area contributed by atoms with Gasteiger partial charge in [-0.1, -0.05) is 0 Å². The third-order valence-electron chi connectivity index (χ3n) is 4.14. The molecule has 0 aromatic carbocycles. The summed E-state index contributed by atoms with van der Waals surface area (Å²) in [7, 11) is 0. The second-order valence-electron chi connectivity index (χ2n) is 6.15. The zero-order valence-electron chi connectivity index (χ0n) is 12.4. The molecule has 2 aliphatic rings. The molecule has 116 valence electrons. The number of ether oxygens (including phenoxy) is 2. The Labute approximate surface area is 126 Å². The van der Waals surface area contributed by atoms with Gasteiger partial charge >= 0.3 is 5.69 Å². The van der Waals surface area contributed by atoms with Crippen LogP contribution in [0.15, 0.2) is 29.7 Å². The minimum absolute atomic E-state index is 0.0434. The SMILES string of the molecule is CC1(C)OC[C@@H]([C@H]2C[C@H]2n2ccc(-n3cncn3)nc2=O)O1. The molecule has 1 saturated heterocycles. The van der Waals surface area contributed by atoms with Gasteiger partial charge in [0, 0.05) is 18.2 Å². The van der Waals surface area contributed by atoms with Gasteiger partial charge in [-0.25, -0.2) is 14.5 Å². The van der Waals surface area contributed by atoms with E-state index in [1.54, 1.807) is 16.8 Å². The molecular weight excluding hydrogens is 286 g/mol. The molecule has 8 nitrogen and oxygen atoms in total. The number of aromatic nitrogens is 5. The Bertz CT molecular complexity index is 739. The molecule has 2 fully saturated rings. The fourth-order valence-corrected chi connectivity index (χ4v) is 2.96. The molecule has 0 radical (unpaired) electrons. The molecule has 3 heterocycles. The van der Waals surface area contributed by atoms with E-state index in [2.05, 4.69) is 15.1 Å². The molecule has 0 spiro atoms. The van der Waals surface area contributed by atoms with Crippen LogP contribution in [0.3, 0.4) is 0 Å². The van der Waals surface area contributed by atoms with Crippen molar-refractivity contribution in [2.45, 2.75) is 38.2 Å². The second kappa shape index (κ2) is 4.72. The zero-order chi connectivity index (χ0) is 15.3. The van der Waals surface area contributed by atoms with Gasteiger partial charge in [0.25, 0.3) is 0 Å². The first-order valence-electron chi connectivity index (χ1n) is 7.29. The molecule has 4 rings (SSSR count). The third kappa shape index (κ3) is 2.34. The first kappa shape index (κ1) is 13.6. The summed E-state index contributed by atoms with van der Waals surface area (Å²) in [5, 5.41) is 3.97. The molecule has 22 heavy (non-hydrogen) atoms. The van der Waals surface area contributed by atoms with E-state index in [0.717, 1.165) is 6.42 Å². The van der Waals surface area contributed by atoms with Crippen molar-refractivity contribution < 1.29 is 9.47 Å². The molecular formula is C14H17N5O3. The summed E-state index contributed by atoms with van der Waals surface area (Å²) in [6.45, 7) is 4.39. The average Bonchev–Trinajstić information content (AvgIpc) is 2.91. The largest absolute Gasteiger partial charge is 0.349 e. The van der Waals surface area contributed by atoms with E-state index in [1.807, 2.05) is 13.8 Å². The summed E-state index contributed by atoms with van der Waals surface area (Å²) in [5.41, 5.74) is -0.279. The Morgan fingerprint density at radius 1 is 1.41 bits per heavy atom. The molecule has 0 unspecified atom stereocenters. The van der Waals surface area contributed by atoms with Crippen LogP contribution in [0.4, 0.5) is 0 Å². The highest BCUT2D eigenvalue weighted by Crippen LogP contribution is 2.48. The van der Waals surface area contributed by atoms with Crippen molar-refractivity contribution in [3.63, 3.8) is 0 Å². The smallest absolute Gasteiger partial charge is 0.348 e. The van der Waals surface area contributed by atoms with Crippen LogP contribution in [0.2, 0.25) is 0 Å². The van der Waals surface area contributed by atoms with Crippen molar-refractivity contribution >= 4 is 0 Å². The molecule has 8 heteroatoms. The lowest BCUT2D eigenvalue weighted by atomic mass is 10.2. The summed E-state index contributed by atoms with van der Waals surface area (Å²) < 4.78 is 14.6. The van der Waals surface area contributed by atoms with Crippen LogP contribution in [-0.4, -0.2) is 42.8 Å². The van der Waals surface area contributed by atoms with Gasteiger partial charge in [-0.05, 0) is 26.3 Å². The van der Waals surface area contributed by atoms with Crippen molar-refractivity contribution in [2.24, 2.45) is 5.92 Å². The lowest BCUT2D eigenvalue weighted by Gasteiger charge is -2.17. The molecule has 3 atom stereocenters. The van der Waals surface area contributed by atoms with Crippen LogP contribution in [0.25, 0.3) is 5.82 Å². The number of nitrogens with zero attached hydrogens (tertiary/aromatic N) is 5. The normalized spacial score (nSPS) is 29.6. The van der Waals surface area contributed by atoms with Gasteiger partial charge in [0.2, 0.25) is 0 Å². The Kier molecular flexibility index (Phi) is 2.92. The Balaban J connectivity index is 1.52. The molecule has 1 saturated carbocycles. The summed E-state index contributed by atoms with van der Waals surface area (Å²) in [5.74, 6) is 0.244. The first-order valence-corrected chi connectivity index (χ1v) is 7.29. The van der Waals surface area contributed by atoms with Crippen LogP contribution in [0.5, 0.6) is 0 Å². The van der Waals surface area contributed by atoms with Gasteiger partial charge in [0.1, 0.15) is 12.7 Å². The van der Waals surface area contributed by atoms with Crippen molar-refractivity contribution in [2.75, 3.05) is 6.61 Å². The van der Waals surface area contributed by atoms with Crippen molar-refractivity contribution in [1.82, 2.24) is 24.3 Å². The summed E-state index contributed by atoms with van der Waals surface area (Å²) >= 11 is 0. The van der Waals surface area contributed by atoms with E-state index >= 15 is 0 Å². The highest BCUT2D eigenvalue weighted by molar-refractivity contribution is 5.17. The van der Waals surface area contributed by atoms with Crippen LogP contribution >= 0.6 is 0 Å². The predicted molar refractivity (Wildman–Crippen MR) is 75.5 cm³/mol. The lowest BCUT2D eigenvalue weighted by molar-refractivity contribution is -0.140. The van der Waals surface area contributed by atoms with Crippen LogP contribution in [0, 0.1) is 5.92 Å². The van der Waals surface area contributed by atoms with E-state index < -0.39 is 5.79 Å². The third-order valence-corrected chi connectivity index (χ3v) is 4.14. The number of hydrogen-bond acceptors (Lipinski definition) is 6. The van der Waals surface area contributed by atoms with Gasteiger partial charge in [-0.2, -0.15) is 10.1 Å².